The number of benzene rings is 1. The Morgan fingerprint density at radius 3 is 2.76 bits per heavy atom. The Labute approximate surface area is 130 Å². The van der Waals surface area contributed by atoms with Crippen LogP contribution in [0.5, 0.6) is 0 Å². The normalized spacial score (nSPS) is 30.1. The van der Waals surface area contributed by atoms with Crippen LogP contribution in [0.25, 0.3) is 0 Å². The highest BCUT2D eigenvalue weighted by molar-refractivity contribution is 6.30. The van der Waals surface area contributed by atoms with E-state index in [2.05, 4.69) is 30.0 Å². The molecule has 1 heterocycles. The van der Waals surface area contributed by atoms with Crippen molar-refractivity contribution in [2.75, 3.05) is 0 Å². The number of hydrazine groups is 1. The van der Waals surface area contributed by atoms with Crippen molar-refractivity contribution in [3.8, 4) is 0 Å². The largest absolute Gasteiger partial charge is 0.345 e. The Morgan fingerprint density at radius 1 is 1.43 bits per heavy atom. The van der Waals surface area contributed by atoms with Gasteiger partial charge in [0.2, 0.25) is 5.91 Å². The van der Waals surface area contributed by atoms with Gasteiger partial charge in [0.15, 0.2) is 0 Å². The molecule has 1 amide bonds. The predicted molar refractivity (Wildman–Crippen MR) is 83.8 cm³/mol. The number of hydrogen-bond donors (Lipinski definition) is 3. The summed E-state index contributed by atoms with van der Waals surface area (Å²) in [5.74, 6) is 0.355. The van der Waals surface area contributed by atoms with E-state index in [1.165, 1.54) is 0 Å². The molecule has 1 aromatic rings. The van der Waals surface area contributed by atoms with Gasteiger partial charge in [-0.15, -0.1) is 0 Å². The molecule has 21 heavy (non-hydrogen) atoms. The third kappa shape index (κ3) is 2.80. The van der Waals surface area contributed by atoms with E-state index in [9.17, 15) is 4.79 Å². The molecule has 4 nitrogen and oxygen atoms in total. The van der Waals surface area contributed by atoms with E-state index in [0.29, 0.717) is 11.1 Å². The zero-order chi connectivity index (χ0) is 15.0. The average molecular weight is 308 g/mol. The lowest BCUT2D eigenvalue weighted by atomic mass is 9.93. The lowest BCUT2D eigenvalue weighted by Gasteiger charge is -2.23. The SMILES string of the molecule is CCC1NNC(C(=O)NC2(c3cccc(Cl)c3)CC2)C1C. The molecule has 0 bridgehead atoms. The fraction of sp³-hybridized carbons (Fsp3) is 0.562. The van der Waals surface area contributed by atoms with Crippen molar-refractivity contribution in [1.82, 2.24) is 16.2 Å². The summed E-state index contributed by atoms with van der Waals surface area (Å²) in [6.45, 7) is 4.24. The van der Waals surface area contributed by atoms with Gasteiger partial charge < -0.3 is 5.32 Å². The van der Waals surface area contributed by atoms with Gasteiger partial charge in [0.05, 0.1) is 5.54 Å². The van der Waals surface area contributed by atoms with Crippen molar-refractivity contribution in [2.24, 2.45) is 5.92 Å². The predicted octanol–water partition coefficient (Wildman–Crippen LogP) is 2.34. The molecule has 114 valence electrons. The van der Waals surface area contributed by atoms with Gasteiger partial charge >= 0.3 is 0 Å². The summed E-state index contributed by atoms with van der Waals surface area (Å²) >= 11 is 6.07. The van der Waals surface area contributed by atoms with E-state index in [4.69, 9.17) is 11.6 Å². The standard InChI is InChI=1S/C16H22ClN3O/c1-3-13-10(2)14(20-19-13)15(21)18-16(7-8-16)11-5-4-6-12(17)9-11/h4-6,9-10,13-14,19-20H,3,7-8H2,1-2H3,(H,18,21). The van der Waals surface area contributed by atoms with E-state index < -0.39 is 0 Å². The van der Waals surface area contributed by atoms with Gasteiger partial charge in [-0.3, -0.25) is 10.2 Å². The van der Waals surface area contributed by atoms with Gasteiger partial charge in [-0.1, -0.05) is 37.6 Å². The number of amides is 1. The van der Waals surface area contributed by atoms with Gasteiger partial charge in [-0.25, -0.2) is 5.43 Å². The lowest BCUT2D eigenvalue weighted by molar-refractivity contribution is -0.124. The molecule has 2 aliphatic rings. The maximum atomic E-state index is 12.6. The second-order valence-electron chi connectivity index (χ2n) is 6.22. The quantitative estimate of drug-likeness (QED) is 0.800. The van der Waals surface area contributed by atoms with Crippen LogP contribution in [0.2, 0.25) is 5.02 Å². The number of halogens is 1. The van der Waals surface area contributed by atoms with Crippen LogP contribution in [0.15, 0.2) is 24.3 Å². The number of hydrogen-bond acceptors (Lipinski definition) is 3. The molecular weight excluding hydrogens is 286 g/mol. The van der Waals surface area contributed by atoms with Gasteiger partial charge in [0.25, 0.3) is 0 Å². The highest BCUT2D eigenvalue weighted by Crippen LogP contribution is 2.46. The van der Waals surface area contributed by atoms with Crippen LogP contribution in [-0.4, -0.2) is 18.0 Å². The summed E-state index contributed by atoms with van der Waals surface area (Å²) in [6.07, 6.45) is 2.97. The van der Waals surface area contributed by atoms with Crippen molar-refractivity contribution in [2.45, 2.75) is 50.7 Å². The number of carbonyl (C=O) groups is 1. The van der Waals surface area contributed by atoms with E-state index in [1.807, 2.05) is 24.3 Å². The summed E-state index contributed by atoms with van der Waals surface area (Å²) in [4.78, 5) is 12.6. The molecule has 1 aromatic carbocycles. The van der Waals surface area contributed by atoms with Crippen LogP contribution in [0, 0.1) is 5.92 Å². The van der Waals surface area contributed by atoms with Crippen molar-refractivity contribution < 1.29 is 4.79 Å². The Hall–Kier alpha value is -1.10. The minimum Gasteiger partial charge on any atom is -0.345 e. The Bertz CT molecular complexity index is 544. The van der Waals surface area contributed by atoms with E-state index in [0.717, 1.165) is 24.8 Å². The third-order valence-electron chi connectivity index (χ3n) is 4.80. The van der Waals surface area contributed by atoms with E-state index >= 15 is 0 Å². The molecule has 0 radical (unpaired) electrons. The molecule has 1 aliphatic carbocycles. The first kappa shape index (κ1) is 14.8. The summed E-state index contributed by atoms with van der Waals surface area (Å²) in [5, 5.41) is 3.94. The molecule has 3 N–H and O–H groups in total. The van der Waals surface area contributed by atoms with Crippen LogP contribution in [0.3, 0.4) is 0 Å². The minimum absolute atomic E-state index is 0.0726. The Kier molecular flexibility index (Phi) is 3.95. The van der Waals surface area contributed by atoms with Gasteiger partial charge in [0.1, 0.15) is 6.04 Å². The van der Waals surface area contributed by atoms with Gasteiger partial charge in [0, 0.05) is 11.1 Å². The second-order valence-corrected chi connectivity index (χ2v) is 6.66. The molecule has 0 aromatic heterocycles. The maximum absolute atomic E-state index is 12.6. The molecule has 1 saturated carbocycles. The van der Waals surface area contributed by atoms with Crippen LogP contribution in [0.1, 0.15) is 38.7 Å². The molecule has 1 aliphatic heterocycles. The average Bonchev–Trinajstić information content (AvgIpc) is 3.14. The zero-order valence-electron chi connectivity index (χ0n) is 12.4. The highest BCUT2D eigenvalue weighted by Gasteiger charge is 2.48. The fourth-order valence-corrected chi connectivity index (χ4v) is 3.37. The summed E-state index contributed by atoms with van der Waals surface area (Å²) < 4.78 is 0. The maximum Gasteiger partial charge on any atom is 0.239 e. The smallest absolute Gasteiger partial charge is 0.239 e. The minimum atomic E-state index is -0.215. The first-order chi connectivity index (χ1) is 10.1. The number of nitrogens with one attached hydrogen (secondary N) is 3. The summed E-state index contributed by atoms with van der Waals surface area (Å²) in [7, 11) is 0. The van der Waals surface area contributed by atoms with Crippen molar-refractivity contribution in [3.63, 3.8) is 0 Å². The fourth-order valence-electron chi connectivity index (χ4n) is 3.18. The first-order valence-electron chi connectivity index (χ1n) is 7.65. The van der Waals surface area contributed by atoms with Crippen molar-refractivity contribution in [1.29, 1.82) is 0 Å². The van der Waals surface area contributed by atoms with E-state index in [1.54, 1.807) is 0 Å². The molecule has 2 fully saturated rings. The summed E-state index contributed by atoms with van der Waals surface area (Å²) in [5.41, 5.74) is 7.23. The molecular formula is C16H22ClN3O. The first-order valence-corrected chi connectivity index (χ1v) is 8.02. The van der Waals surface area contributed by atoms with Gasteiger partial charge in [-0.2, -0.15) is 0 Å². The summed E-state index contributed by atoms with van der Waals surface area (Å²) in [6, 6.07) is 7.97. The zero-order valence-corrected chi connectivity index (χ0v) is 13.2. The molecule has 5 heteroatoms. The topological polar surface area (TPSA) is 53.2 Å². The molecule has 3 atom stereocenters. The highest BCUT2D eigenvalue weighted by atomic mass is 35.5. The van der Waals surface area contributed by atoms with Gasteiger partial charge in [-0.05, 0) is 42.9 Å². The molecule has 0 spiro atoms. The molecule has 1 saturated heterocycles. The van der Waals surface area contributed by atoms with Crippen LogP contribution < -0.4 is 16.2 Å². The number of rotatable bonds is 4. The van der Waals surface area contributed by atoms with E-state index in [-0.39, 0.29) is 23.4 Å². The van der Waals surface area contributed by atoms with Crippen LogP contribution in [-0.2, 0) is 10.3 Å². The van der Waals surface area contributed by atoms with Crippen molar-refractivity contribution >= 4 is 17.5 Å². The molecule has 3 rings (SSSR count). The van der Waals surface area contributed by atoms with Crippen LogP contribution in [0.4, 0.5) is 0 Å². The molecule has 3 unspecified atom stereocenters. The third-order valence-corrected chi connectivity index (χ3v) is 5.03. The second kappa shape index (κ2) is 5.59. The Morgan fingerprint density at radius 2 is 2.19 bits per heavy atom. The lowest BCUT2D eigenvalue weighted by Crippen LogP contribution is -2.48. The number of carbonyl (C=O) groups excluding carboxylic acids is 1. The van der Waals surface area contributed by atoms with Crippen molar-refractivity contribution in [3.05, 3.63) is 34.9 Å². The van der Waals surface area contributed by atoms with Crippen LogP contribution >= 0.6 is 11.6 Å². The monoisotopic (exact) mass is 307 g/mol. The Balaban J connectivity index is 1.70.